The zero-order valence-corrected chi connectivity index (χ0v) is 7.71. The predicted octanol–water partition coefficient (Wildman–Crippen LogP) is -0.227. The Morgan fingerprint density at radius 2 is 2.00 bits per heavy atom. The van der Waals surface area contributed by atoms with E-state index in [1.165, 1.54) is 0 Å². The largest absolute Gasteiger partial charge is 0.381 e. The third kappa shape index (κ3) is 2.00. The van der Waals surface area contributed by atoms with E-state index in [9.17, 15) is 4.79 Å². The normalized spacial score (nSPS) is 26.8. The number of carbonyl (C=O) groups excluding carboxylic acids is 1. The quantitative estimate of drug-likeness (QED) is 0.623. The van der Waals surface area contributed by atoms with Crippen LogP contribution in [-0.2, 0) is 9.53 Å². The summed E-state index contributed by atoms with van der Waals surface area (Å²) in [5.74, 6) is 0.0123. The van der Waals surface area contributed by atoms with Crippen molar-refractivity contribution in [3.8, 4) is 0 Å². The van der Waals surface area contributed by atoms with Crippen molar-refractivity contribution >= 4 is 5.91 Å². The van der Waals surface area contributed by atoms with Gasteiger partial charge in [-0.2, -0.15) is 0 Å². The Labute approximate surface area is 77.8 Å². The summed E-state index contributed by atoms with van der Waals surface area (Å²) in [7, 11) is 0. The second-order valence-electron chi connectivity index (χ2n) is 4.02. The Morgan fingerprint density at radius 3 is 2.54 bits per heavy atom. The Hall–Kier alpha value is -0.610. The molecule has 3 N–H and O–H groups in total. The van der Waals surface area contributed by atoms with Gasteiger partial charge in [0.05, 0.1) is 5.54 Å². The van der Waals surface area contributed by atoms with E-state index in [-0.39, 0.29) is 5.91 Å². The molecule has 74 valence electrons. The highest BCUT2D eigenvalue weighted by Gasteiger charge is 2.38. The minimum absolute atomic E-state index is 0.0123. The number of nitrogens with one attached hydrogen (secondary N) is 1. The molecule has 0 aromatic heterocycles. The van der Waals surface area contributed by atoms with Crippen LogP contribution in [0.25, 0.3) is 0 Å². The smallest absolute Gasteiger partial charge is 0.240 e. The molecule has 0 unspecified atom stereocenters. The fourth-order valence-corrected chi connectivity index (χ4v) is 1.52. The molecule has 0 aromatic carbocycles. The van der Waals surface area contributed by atoms with Gasteiger partial charge in [-0.05, 0) is 25.7 Å². The zero-order valence-electron chi connectivity index (χ0n) is 7.71. The van der Waals surface area contributed by atoms with Crippen molar-refractivity contribution in [2.24, 2.45) is 5.73 Å². The standard InChI is InChI=1S/C9H16N2O2/c10-9(3-5-13-6-4-9)8(12)11-7-1-2-7/h7H,1-6,10H2,(H,11,12). The Bertz CT molecular complexity index is 208. The lowest BCUT2D eigenvalue weighted by Gasteiger charge is -2.31. The van der Waals surface area contributed by atoms with Crippen molar-refractivity contribution in [3.05, 3.63) is 0 Å². The zero-order chi connectivity index (χ0) is 9.31. The molecule has 0 atom stereocenters. The molecule has 4 heteroatoms. The van der Waals surface area contributed by atoms with Crippen LogP contribution in [0.2, 0.25) is 0 Å². The molecule has 0 bridgehead atoms. The fourth-order valence-electron chi connectivity index (χ4n) is 1.52. The molecule has 0 aromatic rings. The van der Waals surface area contributed by atoms with E-state index in [4.69, 9.17) is 10.5 Å². The maximum atomic E-state index is 11.7. The van der Waals surface area contributed by atoms with E-state index in [1.54, 1.807) is 0 Å². The first kappa shape index (κ1) is 8.97. The van der Waals surface area contributed by atoms with Gasteiger partial charge in [-0.15, -0.1) is 0 Å². The van der Waals surface area contributed by atoms with Crippen LogP contribution in [-0.4, -0.2) is 30.7 Å². The average Bonchev–Trinajstić information content (AvgIpc) is 2.89. The van der Waals surface area contributed by atoms with E-state index < -0.39 is 5.54 Å². The first-order valence-corrected chi connectivity index (χ1v) is 4.88. The molecule has 1 aliphatic heterocycles. The third-order valence-corrected chi connectivity index (χ3v) is 2.75. The van der Waals surface area contributed by atoms with E-state index in [0.717, 1.165) is 12.8 Å². The fraction of sp³-hybridized carbons (Fsp3) is 0.889. The Morgan fingerprint density at radius 1 is 1.38 bits per heavy atom. The molecule has 1 aliphatic carbocycles. The van der Waals surface area contributed by atoms with Crippen LogP contribution in [0, 0.1) is 0 Å². The van der Waals surface area contributed by atoms with Gasteiger partial charge in [0.25, 0.3) is 0 Å². The topological polar surface area (TPSA) is 64.4 Å². The van der Waals surface area contributed by atoms with Gasteiger partial charge in [-0.1, -0.05) is 0 Å². The molecule has 1 heterocycles. The molecule has 2 fully saturated rings. The summed E-state index contributed by atoms with van der Waals surface area (Å²) >= 11 is 0. The molecule has 0 radical (unpaired) electrons. The molecule has 2 aliphatic rings. The molecule has 4 nitrogen and oxygen atoms in total. The van der Waals surface area contributed by atoms with E-state index in [2.05, 4.69) is 5.32 Å². The first-order chi connectivity index (χ1) is 6.21. The van der Waals surface area contributed by atoms with Gasteiger partial charge in [-0.3, -0.25) is 4.79 Å². The number of nitrogens with two attached hydrogens (primary N) is 1. The summed E-state index contributed by atoms with van der Waals surface area (Å²) in [6.45, 7) is 1.21. The summed E-state index contributed by atoms with van der Waals surface area (Å²) in [6, 6.07) is 0.399. The van der Waals surface area contributed by atoms with Gasteiger partial charge in [-0.25, -0.2) is 0 Å². The van der Waals surface area contributed by atoms with E-state index >= 15 is 0 Å². The van der Waals surface area contributed by atoms with Crippen molar-refractivity contribution in [2.75, 3.05) is 13.2 Å². The number of carbonyl (C=O) groups is 1. The van der Waals surface area contributed by atoms with Crippen molar-refractivity contribution in [1.82, 2.24) is 5.32 Å². The molecule has 2 rings (SSSR count). The lowest BCUT2D eigenvalue weighted by Crippen LogP contribution is -2.57. The monoisotopic (exact) mass is 184 g/mol. The van der Waals surface area contributed by atoms with Crippen LogP contribution < -0.4 is 11.1 Å². The van der Waals surface area contributed by atoms with Crippen LogP contribution in [0.15, 0.2) is 0 Å². The van der Waals surface area contributed by atoms with Gasteiger partial charge < -0.3 is 15.8 Å². The molecule has 0 spiro atoms. The van der Waals surface area contributed by atoms with Crippen molar-refractivity contribution in [1.29, 1.82) is 0 Å². The second kappa shape index (κ2) is 3.27. The second-order valence-corrected chi connectivity index (χ2v) is 4.02. The molecular formula is C9H16N2O2. The van der Waals surface area contributed by atoms with Gasteiger partial charge in [0, 0.05) is 19.3 Å². The highest BCUT2D eigenvalue weighted by atomic mass is 16.5. The predicted molar refractivity (Wildman–Crippen MR) is 48.1 cm³/mol. The van der Waals surface area contributed by atoms with Crippen molar-refractivity contribution in [2.45, 2.75) is 37.3 Å². The summed E-state index contributed by atoms with van der Waals surface area (Å²) in [5.41, 5.74) is 5.32. The molecule has 1 saturated heterocycles. The first-order valence-electron chi connectivity index (χ1n) is 4.88. The maximum absolute atomic E-state index is 11.7. The minimum atomic E-state index is -0.666. The van der Waals surface area contributed by atoms with Crippen LogP contribution in [0.3, 0.4) is 0 Å². The van der Waals surface area contributed by atoms with Crippen LogP contribution in [0.4, 0.5) is 0 Å². The van der Waals surface area contributed by atoms with Gasteiger partial charge in [0.15, 0.2) is 0 Å². The van der Waals surface area contributed by atoms with E-state index in [1.807, 2.05) is 0 Å². The Kier molecular flexibility index (Phi) is 2.26. The lowest BCUT2D eigenvalue weighted by molar-refractivity contribution is -0.129. The Balaban J connectivity index is 1.90. The van der Waals surface area contributed by atoms with Gasteiger partial charge in [0.2, 0.25) is 5.91 Å². The van der Waals surface area contributed by atoms with Crippen LogP contribution >= 0.6 is 0 Å². The van der Waals surface area contributed by atoms with Gasteiger partial charge in [0.1, 0.15) is 0 Å². The molecular weight excluding hydrogens is 168 g/mol. The summed E-state index contributed by atoms with van der Waals surface area (Å²) in [4.78, 5) is 11.7. The summed E-state index contributed by atoms with van der Waals surface area (Å²) in [5, 5.41) is 2.94. The maximum Gasteiger partial charge on any atom is 0.240 e. The van der Waals surface area contributed by atoms with Crippen molar-refractivity contribution < 1.29 is 9.53 Å². The van der Waals surface area contributed by atoms with Gasteiger partial charge >= 0.3 is 0 Å². The highest BCUT2D eigenvalue weighted by Crippen LogP contribution is 2.23. The number of hydrogen-bond acceptors (Lipinski definition) is 3. The minimum Gasteiger partial charge on any atom is -0.381 e. The summed E-state index contributed by atoms with van der Waals surface area (Å²) < 4.78 is 5.18. The van der Waals surface area contributed by atoms with Crippen molar-refractivity contribution in [3.63, 3.8) is 0 Å². The number of rotatable bonds is 2. The average molecular weight is 184 g/mol. The van der Waals surface area contributed by atoms with Crippen LogP contribution in [0.5, 0.6) is 0 Å². The lowest BCUT2D eigenvalue weighted by atomic mass is 9.90. The number of amides is 1. The summed E-state index contributed by atoms with van der Waals surface area (Å²) in [6.07, 6.45) is 3.51. The number of hydrogen-bond donors (Lipinski definition) is 2. The number of ether oxygens (including phenoxy) is 1. The molecule has 13 heavy (non-hydrogen) atoms. The third-order valence-electron chi connectivity index (χ3n) is 2.75. The van der Waals surface area contributed by atoms with E-state index in [0.29, 0.717) is 32.1 Å². The van der Waals surface area contributed by atoms with Crippen LogP contribution in [0.1, 0.15) is 25.7 Å². The molecule has 1 amide bonds. The highest BCUT2D eigenvalue weighted by molar-refractivity contribution is 5.86. The SMILES string of the molecule is NC1(C(=O)NC2CC2)CCOCC1. The molecule has 1 saturated carbocycles.